The summed E-state index contributed by atoms with van der Waals surface area (Å²) in [5.41, 5.74) is 2.67. The molecular weight excluding hydrogens is 431 g/mol. The minimum atomic E-state index is -5.08. The number of urea groups is 1. The molecule has 2 aliphatic rings. The quantitative estimate of drug-likeness (QED) is 0.634. The first-order chi connectivity index (χ1) is 14.9. The SMILES string of the molecule is CNC(=O)N1CCc2cc(C(=O)N(C)C)c(NCC3CC3)nc2CC1.O=C(O)C(F)(F)F. The normalized spacial score (nSPS) is 15.5. The maximum absolute atomic E-state index is 12.6. The third-order valence-electron chi connectivity index (χ3n) is 5.10. The van der Waals surface area contributed by atoms with E-state index in [1.54, 1.807) is 30.9 Å². The van der Waals surface area contributed by atoms with Gasteiger partial charge in [-0.05, 0) is 36.8 Å². The molecule has 3 N–H and O–H groups in total. The predicted octanol–water partition coefficient (Wildman–Crippen LogP) is 1.98. The highest BCUT2D eigenvalue weighted by Crippen LogP contribution is 2.30. The Bertz CT molecular complexity index is 856. The number of aromatic nitrogens is 1. The maximum Gasteiger partial charge on any atom is 0.490 e. The van der Waals surface area contributed by atoms with E-state index in [2.05, 4.69) is 10.6 Å². The Hall–Kier alpha value is -3.05. The van der Waals surface area contributed by atoms with Crippen LogP contribution in [-0.2, 0) is 17.6 Å². The van der Waals surface area contributed by atoms with Crippen LogP contribution in [0.4, 0.5) is 23.8 Å². The van der Waals surface area contributed by atoms with Crippen molar-refractivity contribution in [2.45, 2.75) is 31.9 Å². The number of anilines is 1. The van der Waals surface area contributed by atoms with Crippen molar-refractivity contribution >= 4 is 23.7 Å². The van der Waals surface area contributed by atoms with Gasteiger partial charge in [0.2, 0.25) is 0 Å². The zero-order valence-electron chi connectivity index (χ0n) is 18.3. The summed E-state index contributed by atoms with van der Waals surface area (Å²) in [6, 6.07) is 1.90. The number of rotatable bonds is 4. The number of nitrogens with one attached hydrogen (secondary N) is 2. The molecular formula is C20H28F3N5O4. The lowest BCUT2D eigenvalue weighted by molar-refractivity contribution is -0.192. The number of carboxylic acid groups (broad SMARTS) is 1. The average molecular weight is 459 g/mol. The van der Waals surface area contributed by atoms with Gasteiger partial charge in [0.1, 0.15) is 5.82 Å². The van der Waals surface area contributed by atoms with Crippen LogP contribution in [0.2, 0.25) is 0 Å². The summed E-state index contributed by atoms with van der Waals surface area (Å²) in [6.45, 7) is 2.14. The minimum Gasteiger partial charge on any atom is -0.475 e. The Morgan fingerprint density at radius 2 is 1.81 bits per heavy atom. The Labute approximate surface area is 184 Å². The molecule has 178 valence electrons. The number of carbonyl (C=O) groups is 3. The van der Waals surface area contributed by atoms with Gasteiger partial charge in [0.25, 0.3) is 5.91 Å². The zero-order chi connectivity index (χ0) is 24.1. The fourth-order valence-corrected chi connectivity index (χ4v) is 3.10. The molecule has 0 spiro atoms. The molecule has 1 aliphatic carbocycles. The molecule has 1 aromatic rings. The number of halogens is 3. The molecule has 1 saturated carbocycles. The van der Waals surface area contributed by atoms with Crippen LogP contribution in [0.15, 0.2) is 6.07 Å². The first-order valence-corrected chi connectivity index (χ1v) is 10.2. The van der Waals surface area contributed by atoms with Crippen molar-refractivity contribution in [3.8, 4) is 0 Å². The van der Waals surface area contributed by atoms with Gasteiger partial charge >= 0.3 is 18.2 Å². The molecule has 0 unspecified atom stereocenters. The van der Waals surface area contributed by atoms with Gasteiger partial charge in [0.05, 0.1) is 5.56 Å². The Morgan fingerprint density at radius 1 is 1.22 bits per heavy atom. The number of hydrogen-bond acceptors (Lipinski definition) is 5. The molecule has 2 heterocycles. The fourth-order valence-electron chi connectivity index (χ4n) is 3.10. The zero-order valence-corrected chi connectivity index (χ0v) is 18.3. The number of fused-ring (bicyclic) bond motifs is 1. The molecule has 1 fully saturated rings. The second-order valence-electron chi connectivity index (χ2n) is 7.86. The van der Waals surface area contributed by atoms with Crippen LogP contribution in [0.1, 0.15) is 34.5 Å². The van der Waals surface area contributed by atoms with Gasteiger partial charge in [-0.3, -0.25) is 4.79 Å². The van der Waals surface area contributed by atoms with Crippen LogP contribution in [0.3, 0.4) is 0 Å². The van der Waals surface area contributed by atoms with Gasteiger partial charge in [-0.2, -0.15) is 13.2 Å². The first-order valence-electron chi connectivity index (χ1n) is 10.2. The van der Waals surface area contributed by atoms with E-state index < -0.39 is 12.1 Å². The van der Waals surface area contributed by atoms with E-state index in [1.165, 1.54) is 12.8 Å². The summed E-state index contributed by atoms with van der Waals surface area (Å²) in [7, 11) is 5.16. The summed E-state index contributed by atoms with van der Waals surface area (Å²) < 4.78 is 31.7. The van der Waals surface area contributed by atoms with Crippen molar-refractivity contribution in [1.82, 2.24) is 20.1 Å². The smallest absolute Gasteiger partial charge is 0.475 e. The van der Waals surface area contributed by atoms with E-state index >= 15 is 0 Å². The molecule has 0 bridgehead atoms. The summed E-state index contributed by atoms with van der Waals surface area (Å²) in [6.07, 6.45) is -1.17. The van der Waals surface area contributed by atoms with Crippen molar-refractivity contribution < 1.29 is 32.7 Å². The topological polar surface area (TPSA) is 115 Å². The van der Waals surface area contributed by atoms with Crippen LogP contribution in [0.5, 0.6) is 0 Å². The molecule has 12 heteroatoms. The minimum absolute atomic E-state index is 0.0407. The monoisotopic (exact) mass is 459 g/mol. The maximum atomic E-state index is 12.6. The standard InChI is InChI=1S/C18H27N5O2.C2HF3O2/c1-19-18(25)23-8-6-13-10-14(17(24)22(2)3)16(20-11-12-4-5-12)21-15(13)7-9-23;3-2(4,5)1(6)7/h10,12H,4-9,11H2,1-3H3,(H,19,25)(H,20,21);(H,6,7). The van der Waals surface area contributed by atoms with E-state index in [1.807, 2.05) is 6.07 Å². The van der Waals surface area contributed by atoms with Crippen molar-refractivity contribution in [2.75, 3.05) is 46.1 Å². The second-order valence-corrected chi connectivity index (χ2v) is 7.86. The van der Waals surface area contributed by atoms with E-state index in [0.717, 1.165) is 17.8 Å². The molecule has 32 heavy (non-hydrogen) atoms. The third kappa shape index (κ3) is 6.99. The molecule has 0 aromatic carbocycles. The van der Waals surface area contributed by atoms with Gasteiger partial charge < -0.3 is 25.5 Å². The van der Waals surface area contributed by atoms with Gasteiger partial charge in [-0.15, -0.1) is 0 Å². The lowest BCUT2D eigenvalue weighted by atomic mass is 10.0. The van der Waals surface area contributed by atoms with Gasteiger partial charge in [0, 0.05) is 52.9 Å². The predicted molar refractivity (Wildman–Crippen MR) is 111 cm³/mol. The third-order valence-corrected chi connectivity index (χ3v) is 5.10. The lowest BCUT2D eigenvalue weighted by Gasteiger charge is -2.18. The molecule has 3 rings (SSSR count). The van der Waals surface area contributed by atoms with E-state index in [0.29, 0.717) is 43.2 Å². The van der Waals surface area contributed by atoms with Crippen LogP contribution < -0.4 is 10.6 Å². The van der Waals surface area contributed by atoms with Gasteiger partial charge in [0.15, 0.2) is 0 Å². The first kappa shape index (κ1) is 25.2. The number of carboxylic acids is 1. The summed E-state index contributed by atoms with van der Waals surface area (Å²) >= 11 is 0. The van der Waals surface area contributed by atoms with Crippen LogP contribution >= 0.6 is 0 Å². The van der Waals surface area contributed by atoms with Gasteiger partial charge in [-0.1, -0.05) is 0 Å². The summed E-state index contributed by atoms with van der Waals surface area (Å²) in [5.74, 6) is -1.42. The van der Waals surface area contributed by atoms with Crippen molar-refractivity contribution in [1.29, 1.82) is 0 Å². The molecule has 1 aliphatic heterocycles. The molecule has 9 nitrogen and oxygen atoms in total. The molecule has 0 saturated heterocycles. The number of amides is 3. The van der Waals surface area contributed by atoms with Crippen LogP contribution in [0, 0.1) is 5.92 Å². The molecule has 0 radical (unpaired) electrons. The number of alkyl halides is 3. The Kier molecular flexibility index (Phi) is 8.28. The Morgan fingerprint density at radius 3 is 2.31 bits per heavy atom. The van der Waals surface area contributed by atoms with E-state index in [-0.39, 0.29) is 11.9 Å². The van der Waals surface area contributed by atoms with Crippen LogP contribution in [-0.4, -0.2) is 84.8 Å². The average Bonchev–Trinajstić information content (AvgIpc) is 3.56. The molecule has 0 atom stereocenters. The largest absolute Gasteiger partial charge is 0.490 e. The van der Waals surface area contributed by atoms with Crippen LogP contribution in [0.25, 0.3) is 0 Å². The number of pyridine rings is 1. The van der Waals surface area contributed by atoms with Crippen molar-refractivity contribution in [3.05, 3.63) is 22.9 Å². The van der Waals surface area contributed by atoms with Crippen molar-refractivity contribution in [2.24, 2.45) is 5.92 Å². The summed E-state index contributed by atoms with van der Waals surface area (Å²) in [5, 5.41) is 13.2. The van der Waals surface area contributed by atoms with Gasteiger partial charge in [-0.25, -0.2) is 14.6 Å². The fraction of sp³-hybridized carbons (Fsp3) is 0.600. The summed E-state index contributed by atoms with van der Waals surface area (Å²) in [4.78, 5) is 41.6. The highest BCUT2D eigenvalue weighted by Gasteiger charge is 2.38. The number of aliphatic carboxylic acids is 1. The molecule has 3 amide bonds. The Balaban J connectivity index is 0.000000451. The highest BCUT2D eigenvalue weighted by atomic mass is 19.4. The second kappa shape index (κ2) is 10.5. The van der Waals surface area contributed by atoms with E-state index in [9.17, 15) is 22.8 Å². The number of carbonyl (C=O) groups excluding carboxylic acids is 2. The van der Waals surface area contributed by atoms with E-state index in [4.69, 9.17) is 14.9 Å². The lowest BCUT2D eigenvalue weighted by Crippen LogP contribution is -2.39. The van der Waals surface area contributed by atoms with Crippen molar-refractivity contribution in [3.63, 3.8) is 0 Å². The molecule has 1 aromatic heterocycles. The highest BCUT2D eigenvalue weighted by molar-refractivity contribution is 5.98. The number of nitrogens with zero attached hydrogens (tertiary/aromatic N) is 3. The number of hydrogen-bond donors (Lipinski definition) is 3.